The summed E-state index contributed by atoms with van der Waals surface area (Å²) in [6, 6.07) is 17.1. The molecule has 5 nitrogen and oxygen atoms in total. The van der Waals surface area contributed by atoms with Crippen molar-refractivity contribution in [1.29, 1.82) is 0 Å². The van der Waals surface area contributed by atoms with Gasteiger partial charge in [-0.15, -0.1) is 5.10 Å². The molecular formula is C16H14N4O. The Morgan fingerprint density at radius 2 is 1.76 bits per heavy atom. The summed E-state index contributed by atoms with van der Waals surface area (Å²) < 4.78 is 1.57. The van der Waals surface area contributed by atoms with E-state index in [1.54, 1.807) is 4.68 Å². The summed E-state index contributed by atoms with van der Waals surface area (Å²) in [6.07, 6.45) is 1.53. The molecule has 0 unspecified atom stereocenters. The van der Waals surface area contributed by atoms with Crippen molar-refractivity contribution in [3.8, 4) is 5.69 Å². The number of aryl methyl sites for hydroxylation is 1. The molecule has 0 saturated carbocycles. The quantitative estimate of drug-likeness (QED) is 0.801. The maximum atomic E-state index is 12.1. The van der Waals surface area contributed by atoms with E-state index < -0.39 is 0 Å². The lowest BCUT2D eigenvalue weighted by Gasteiger charge is -2.02. The number of hydrogen-bond donors (Lipinski definition) is 1. The predicted octanol–water partition coefficient (Wildman–Crippen LogP) is 2.83. The highest BCUT2D eigenvalue weighted by atomic mass is 16.2. The van der Waals surface area contributed by atoms with Crippen molar-refractivity contribution in [2.75, 3.05) is 5.32 Å². The minimum absolute atomic E-state index is 0.138. The van der Waals surface area contributed by atoms with Crippen molar-refractivity contribution in [3.05, 3.63) is 72.3 Å². The Morgan fingerprint density at radius 1 is 1.05 bits per heavy atom. The van der Waals surface area contributed by atoms with Crippen LogP contribution in [0.2, 0.25) is 0 Å². The summed E-state index contributed by atoms with van der Waals surface area (Å²) in [5, 5.41) is 6.96. The second kappa shape index (κ2) is 5.58. The molecule has 2 aromatic carbocycles. The third-order valence-corrected chi connectivity index (χ3v) is 3.03. The van der Waals surface area contributed by atoms with Crippen LogP contribution in [0.3, 0.4) is 0 Å². The van der Waals surface area contributed by atoms with Crippen LogP contribution >= 0.6 is 0 Å². The highest BCUT2D eigenvalue weighted by Crippen LogP contribution is 2.10. The maximum absolute atomic E-state index is 12.1. The van der Waals surface area contributed by atoms with E-state index in [1.807, 2.05) is 61.5 Å². The smallest absolute Gasteiger partial charge is 0.295 e. The van der Waals surface area contributed by atoms with E-state index in [9.17, 15) is 4.79 Å². The second-order valence-electron chi connectivity index (χ2n) is 4.67. The van der Waals surface area contributed by atoms with E-state index in [0.717, 1.165) is 16.9 Å². The average Bonchev–Trinajstić information content (AvgIpc) is 3.00. The molecule has 1 N–H and O–H groups in total. The summed E-state index contributed by atoms with van der Waals surface area (Å²) >= 11 is 0. The number of carbonyl (C=O) groups is 1. The minimum atomic E-state index is -0.325. The van der Waals surface area contributed by atoms with Gasteiger partial charge in [0.05, 0.1) is 5.69 Å². The van der Waals surface area contributed by atoms with Crippen molar-refractivity contribution in [3.63, 3.8) is 0 Å². The molecule has 1 heterocycles. The summed E-state index contributed by atoms with van der Waals surface area (Å²) in [7, 11) is 0. The Morgan fingerprint density at radius 3 is 2.48 bits per heavy atom. The Balaban J connectivity index is 1.77. The molecule has 0 bridgehead atoms. The summed E-state index contributed by atoms with van der Waals surface area (Å²) in [6.45, 7) is 1.99. The van der Waals surface area contributed by atoms with Crippen LogP contribution in [0.4, 0.5) is 5.69 Å². The molecule has 0 radical (unpaired) electrons. The molecule has 0 fully saturated rings. The molecule has 0 aliphatic carbocycles. The number of amides is 1. The highest BCUT2D eigenvalue weighted by Gasteiger charge is 2.12. The zero-order chi connectivity index (χ0) is 14.7. The van der Waals surface area contributed by atoms with Gasteiger partial charge in [0.25, 0.3) is 5.91 Å². The number of nitrogens with zero attached hydrogens (tertiary/aromatic N) is 3. The van der Waals surface area contributed by atoms with Gasteiger partial charge in [-0.05, 0) is 31.2 Å². The molecule has 0 atom stereocenters. The largest absolute Gasteiger partial charge is 0.319 e. The van der Waals surface area contributed by atoms with Crippen LogP contribution in [0.15, 0.2) is 60.9 Å². The van der Waals surface area contributed by atoms with Crippen molar-refractivity contribution in [1.82, 2.24) is 14.8 Å². The van der Waals surface area contributed by atoms with Crippen LogP contribution in [0.5, 0.6) is 0 Å². The minimum Gasteiger partial charge on any atom is -0.319 e. The summed E-state index contributed by atoms with van der Waals surface area (Å²) in [5.74, 6) is -0.187. The van der Waals surface area contributed by atoms with E-state index in [0.29, 0.717) is 0 Å². The first kappa shape index (κ1) is 13.1. The van der Waals surface area contributed by atoms with Gasteiger partial charge in [-0.2, -0.15) is 0 Å². The van der Waals surface area contributed by atoms with Crippen LogP contribution in [-0.2, 0) is 0 Å². The van der Waals surface area contributed by atoms with Gasteiger partial charge in [-0.3, -0.25) is 4.79 Å². The number of carbonyl (C=O) groups excluding carboxylic acids is 1. The molecule has 5 heteroatoms. The van der Waals surface area contributed by atoms with Crippen LogP contribution in [0.25, 0.3) is 5.69 Å². The Hall–Kier alpha value is -2.95. The lowest BCUT2D eigenvalue weighted by atomic mass is 10.2. The highest BCUT2D eigenvalue weighted by molar-refractivity contribution is 6.01. The Kier molecular flexibility index (Phi) is 3.47. The molecule has 104 valence electrons. The van der Waals surface area contributed by atoms with Gasteiger partial charge in [0.15, 0.2) is 0 Å². The molecular weight excluding hydrogens is 264 g/mol. The predicted molar refractivity (Wildman–Crippen MR) is 80.5 cm³/mol. The lowest BCUT2D eigenvalue weighted by molar-refractivity contribution is 0.101. The van der Waals surface area contributed by atoms with Gasteiger partial charge in [0, 0.05) is 5.69 Å². The molecule has 3 rings (SSSR count). The van der Waals surface area contributed by atoms with Crippen molar-refractivity contribution in [2.24, 2.45) is 0 Å². The van der Waals surface area contributed by atoms with Crippen molar-refractivity contribution < 1.29 is 4.79 Å². The molecule has 21 heavy (non-hydrogen) atoms. The van der Waals surface area contributed by atoms with Gasteiger partial charge in [-0.25, -0.2) is 9.67 Å². The van der Waals surface area contributed by atoms with Crippen molar-refractivity contribution >= 4 is 11.6 Å². The van der Waals surface area contributed by atoms with Gasteiger partial charge < -0.3 is 5.32 Å². The number of aromatic nitrogens is 3. The number of nitrogens with one attached hydrogen (secondary N) is 1. The van der Waals surface area contributed by atoms with E-state index in [-0.39, 0.29) is 11.7 Å². The summed E-state index contributed by atoms with van der Waals surface area (Å²) in [4.78, 5) is 16.1. The van der Waals surface area contributed by atoms with Gasteiger partial charge in [0.2, 0.25) is 5.82 Å². The first-order valence-corrected chi connectivity index (χ1v) is 6.57. The van der Waals surface area contributed by atoms with Gasteiger partial charge >= 0.3 is 0 Å². The molecule has 0 spiro atoms. The fourth-order valence-electron chi connectivity index (χ4n) is 1.90. The third-order valence-electron chi connectivity index (χ3n) is 3.03. The van der Waals surface area contributed by atoms with E-state index in [2.05, 4.69) is 15.4 Å². The number of hydrogen-bond acceptors (Lipinski definition) is 3. The molecule has 1 aromatic heterocycles. The third kappa shape index (κ3) is 2.97. The van der Waals surface area contributed by atoms with E-state index in [4.69, 9.17) is 0 Å². The lowest BCUT2D eigenvalue weighted by Crippen LogP contribution is -2.14. The first-order valence-electron chi connectivity index (χ1n) is 6.57. The second-order valence-corrected chi connectivity index (χ2v) is 4.67. The van der Waals surface area contributed by atoms with E-state index in [1.165, 1.54) is 6.33 Å². The first-order chi connectivity index (χ1) is 10.2. The zero-order valence-electron chi connectivity index (χ0n) is 11.5. The Labute approximate surface area is 122 Å². The number of rotatable bonds is 3. The maximum Gasteiger partial charge on any atom is 0.295 e. The molecule has 0 aliphatic heterocycles. The van der Waals surface area contributed by atoms with E-state index >= 15 is 0 Å². The normalized spacial score (nSPS) is 10.3. The van der Waals surface area contributed by atoms with Crippen LogP contribution in [0, 0.1) is 6.92 Å². The van der Waals surface area contributed by atoms with Gasteiger partial charge in [0.1, 0.15) is 6.33 Å². The Bertz CT molecular complexity index is 747. The number of benzene rings is 2. The van der Waals surface area contributed by atoms with Crippen LogP contribution in [0.1, 0.15) is 16.2 Å². The summed E-state index contributed by atoms with van der Waals surface area (Å²) in [5.41, 5.74) is 2.72. The number of anilines is 1. The molecule has 0 saturated heterocycles. The van der Waals surface area contributed by atoms with Crippen LogP contribution in [-0.4, -0.2) is 20.7 Å². The molecule has 1 amide bonds. The van der Waals surface area contributed by atoms with Gasteiger partial charge in [-0.1, -0.05) is 35.9 Å². The zero-order valence-corrected chi connectivity index (χ0v) is 11.5. The molecule has 3 aromatic rings. The molecule has 0 aliphatic rings. The monoisotopic (exact) mass is 278 g/mol. The SMILES string of the molecule is Cc1ccc(NC(=O)c2ncn(-c3ccccc3)n2)cc1. The van der Waals surface area contributed by atoms with Crippen molar-refractivity contribution in [2.45, 2.75) is 6.92 Å². The topological polar surface area (TPSA) is 59.8 Å². The number of para-hydroxylation sites is 1. The average molecular weight is 278 g/mol. The van der Waals surface area contributed by atoms with Crippen LogP contribution < -0.4 is 5.32 Å². The fourth-order valence-corrected chi connectivity index (χ4v) is 1.90. The standard InChI is InChI=1S/C16H14N4O/c1-12-7-9-13(10-8-12)18-16(21)15-17-11-20(19-15)14-5-3-2-4-6-14/h2-11H,1H3,(H,18,21). The fraction of sp³-hybridized carbons (Fsp3) is 0.0625.